The molecule has 5 rings (SSSR count). The highest BCUT2D eigenvalue weighted by atomic mass is 79.9. The van der Waals surface area contributed by atoms with Gasteiger partial charge < -0.3 is 9.32 Å². The molecule has 0 N–H and O–H groups in total. The number of benzene rings is 3. The van der Waals surface area contributed by atoms with Crippen molar-refractivity contribution in [2.75, 3.05) is 0 Å². The summed E-state index contributed by atoms with van der Waals surface area (Å²) < 4.78 is 6.61. The third-order valence-electron chi connectivity index (χ3n) is 5.52. The van der Waals surface area contributed by atoms with Crippen LogP contribution in [0.3, 0.4) is 0 Å². The fourth-order valence-corrected chi connectivity index (χ4v) is 4.45. The van der Waals surface area contributed by atoms with E-state index in [0.717, 1.165) is 5.56 Å². The first-order chi connectivity index (χ1) is 15.4. The second kappa shape index (κ2) is 7.72. The van der Waals surface area contributed by atoms with Crippen molar-refractivity contribution in [1.82, 2.24) is 4.90 Å². The third kappa shape index (κ3) is 3.29. The lowest BCUT2D eigenvalue weighted by molar-refractivity contribution is -0.384. The van der Waals surface area contributed by atoms with Gasteiger partial charge in [-0.05, 0) is 29.3 Å². The molecule has 158 valence electrons. The zero-order valence-corrected chi connectivity index (χ0v) is 18.1. The van der Waals surface area contributed by atoms with Crippen LogP contribution in [0.1, 0.15) is 33.3 Å². The van der Waals surface area contributed by atoms with Gasteiger partial charge in [-0.1, -0.05) is 58.4 Å². The summed E-state index contributed by atoms with van der Waals surface area (Å²) in [6.07, 6.45) is 0. The highest BCUT2D eigenvalue weighted by Gasteiger charge is 2.43. The maximum Gasteiger partial charge on any atom is 0.291 e. The Labute approximate surface area is 190 Å². The van der Waals surface area contributed by atoms with E-state index in [-0.39, 0.29) is 29.0 Å². The van der Waals surface area contributed by atoms with E-state index in [2.05, 4.69) is 15.9 Å². The number of amides is 1. The van der Waals surface area contributed by atoms with Crippen LogP contribution < -0.4 is 5.43 Å². The molecule has 3 aromatic carbocycles. The van der Waals surface area contributed by atoms with Crippen LogP contribution in [0.15, 0.2) is 86.5 Å². The second-order valence-electron chi connectivity index (χ2n) is 7.49. The number of carbonyl (C=O) groups excluding carboxylic acids is 1. The minimum absolute atomic E-state index is 0.0303. The summed E-state index contributed by atoms with van der Waals surface area (Å²) in [6.45, 7) is 0.219. The summed E-state index contributed by atoms with van der Waals surface area (Å²) in [5, 5.41) is 11.7. The van der Waals surface area contributed by atoms with Crippen molar-refractivity contribution < 1.29 is 14.1 Å². The van der Waals surface area contributed by atoms with E-state index in [1.165, 1.54) is 17.0 Å². The summed E-state index contributed by atoms with van der Waals surface area (Å²) in [5.74, 6) is -0.459. The van der Waals surface area contributed by atoms with Gasteiger partial charge >= 0.3 is 0 Å². The maximum atomic E-state index is 13.5. The molecule has 1 aliphatic heterocycles. The van der Waals surface area contributed by atoms with Gasteiger partial charge in [0.2, 0.25) is 5.76 Å². The molecule has 0 aliphatic carbocycles. The highest BCUT2D eigenvalue weighted by Crippen LogP contribution is 2.40. The number of halogens is 1. The lowest BCUT2D eigenvalue weighted by Gasteiger charge is -2.25. The number of hydrogen-bond donors (Lipinski definition) is 0. The molecule has 1 aliphatic rings. The number of rotatable bonds is 4. The van der Waals surface area contributed by atoms with Crippen LogP contribution in [0.25, 0.3) is 11.0 Å². The van der Waals surface area contributed by atoms with Crippen LogP contribution in [0.5, 0.6) is 0 Å². The summed E-state index contributed by atoms with van der Waals surface area (Å²) in [5.41, 5.74) is 1.40. The van der Waals surface area contributed by atoms with Gasteiger partial charge in [-0.15, -0.1) is 0 Å². The van der Waals surface area contributed by atoms with Gasteiger partial charge in [0, 0.05) is 23.2 Å². The molecule has 1 amide bonds. The zero-order valence-electron chi connectivity index (χ0n) is 16.5. The Morgan fingerprint density at radius 3 is 2.53 bits per heavy atom. The van der Waals surface area contributed by atoms with Gasteiger partial charge in [-0.2, -0.15) is 0 Å². The second-order valence-corrected chi connectivity index (χ2v) is 8.40. The quantitative estimate of drug-likeness (QED) is 0.289. The smallest absolute Gasteiger partial charge is 0.291 e. The van der Waals surface area contributed by atoms with E-state index in [1.54, 1.807) is 30.3 Å². The summed E-state index contributed by atoms with van der Waals surface area (Å²) in [7, 11) is 0. The van der Waals surface area contributed by atoms with E-state index >= 15 is 0 Å². The molecule has 0 saturated carbocycles. The van der Waals surface area contributed by atoms with Crippen molar-refractivity contribution in [1.29, 1.82) is 0 Å². The van der Waals surface area contributed by atoms with Crippen molar-refractivity contribution in [3.8, 4) is 0 Å². The van der Waals surface area contributed by atoms with Crippen molar-refractivity contribution in [3.05, 3.63) is 120 Å². The van der Waals surface area contributed by atoms with Crippen LogP contribution >= 0.6 is 15.9 Å². The fraction of sp³-hybridized carbons (Fsp3) is 0.0833. The third-order valence-corrected chi connectivity index (χ3v) is 6.01. The molecule has 0 saturated heterocycles. The largest absolute Gasteiger partial charge is 0.450 e. The summed E-state index contributed by atoms with van der Waals surface area (Å²) in [4.78, 5) is 39.3. The van der Waals surface area contributed by atoms with Gasteiger partial charge in [0.15, 0.2) is 5.43 Å². The Kier molecular flexibility index (Phi) is 4.86. The number of fused-ring (bicyclic) bond motifs is 2. The molecule has 0 bridgehead atoms. The lowest BCUT2D eigenvalue weighted by Crippen LogP contribution is -2.29. The topological polar surface area (TPSA) is 93.7 Å². The number of nitro groups is 1. The molecule has 1 atom stereocenters. The van der Waals surface area contributed by atoms with Crippen molar-refractivity contribution in [2.45, 2.75) is 12.6 Å². The van der Waals surface area contributed by atoms with Gasteiger partial charge in [0.05, 0.1) is 21.9 Å². The minimum atomic E-state index is -0.808. The molecule has 1 aromatic heterocycles. The first-order valence-corrected chi connectivity index (χ1v) is 10.6. The van der Waals surface area contributed by atoms with Crippen molar-refractivity contribution in [3.63, 3.8) is 0 Å². The van der Waals surface area contributed by atoms with E-state index in [9.17, 15) is 19.7 Å². The summed E-state index contributed by atoms with van der Waals surface area (Å²) in [6, 6.07) is 19.6. The van der Waals surface area contributed by atoms with Gasteiger partial charge in [0.25, 0.3) is 11.6 Å². The number of nitro benzene ring substituents is 1. The number of carbonyl (C=O) groups is 1. The fourth-order valence-electron chi connectivity index (χ4n) is 4.09. The molecule has 0 unspecified atom stereocenters. The van der Waals surface area contributed by atoms with Gasteiger partial charge in [-0.25, -0.2) is 0 Å². The Morgan fingerprint density at radius 2 is 1.78 bits per heavy atom. The molecule has 2 heterocycles. The molecule has 0 fully saturated rings. The molecular weight excluding hydrogens is 476 g/mol. The van der Waals surface area contributed by atoms with Crippen LogP contribution in [-0.2, 0) is 6.54 Å². The Balaban J connectivity index is 1.75. The van der Waals surface area contributed by atoms with E-state index in [0.29, 0.717) is 21.0 Å². The van der Waals surface area contributed by atoms with E-state index in [1.807, 2.05) is 30.3 Å². The zero-order chi connectivity index (χ0) is 22.4. The van der Waals surface area contributed by atoms with Crippen LogP contribution in [0, 0.1) is 10.1 Å². The van der Waals surface area contributed by atoms with Crippen LogP contribution in [0.4, 0.5) is 5.69 Å². The van der Waals surface area contributed by atoms with Crippen molar-refractivity contribution >= 4 is 38.5 Å². The maximum absolute atomic E-state index is 13.5. The monoisotopic (exact) mass is 490 g/mol. The van der Waals surface area contributed by atoms with E-state index < -0.39 is 16.9 Å². The van der Waals surface area contributed by atoms with Crippen molar-refractivity contribution in [2.24, 2.45) is 0 Å². The average Bonchev–Trinajstić information content (AvgIpc) is 3.07. The predicted octanol–water partition coefficient (Wildman–Crippen LogP) is 5.21. The molecule has 8 heteroatoms. The standard InChI is InChI=1S/C24H15BrN2O5/c25-16-9-10-19-18(12-16)22(28)20-21(15-7-4-8-17(11-15)27(30)31)26(24(29)23(20)32-19)13-14-5-2-1-3-6-14/h1-12,21H,13H2/t21-/m1/s1. The molecular formula is C24H15BrN2O5. The molecule has 4 aromatic rings. The molecule has 0 radical (unpaired) electrons. The molecule has 32 heavy (non-hydrogen) atoms. The first-order valence-electron chi connectivity index (χ1n) is 9.79. The van der Waals surface area contributed by atoms with Crippen LogP contribution in [-0.4, -0.2) is 15.7 Å². The minimum Gasteiger partial charge on any atom is -0.450 e. The molecule has 0 spiro atoms. The molecule has 7 nitrogen and oxygen atoms in total. The SMILES string of the molecule is O=C1c2oc3ccc(Br)cc3c(=O)c2[C@@H](c2cccc([N+](=O)[O-])c2)N1Cc1ccccc1. The Hall–Kier alpha value is -3.78. The first kappa shape index (κ1) is 20.1. The Bertz CT molecular complexity index is 1450. The number of nitrogens with zero attached hydrogens (tertiary/aromatic N) is 2. The number of hydrogen-bond acceptors (Lipinski definition) is 5. The highest BCUT2D eigenvalue weighted by molar-refractivity contribution is 9.10. The predicted molar refractivity (Wildman–Crippen MR) is 121 cm³/mol. The Morgan fingerprint density at radius 1 is 1.00 bits per heavy atom. The summed E-state index contributed by atoms with van der Waals surface area (Å²) >= 11 is 3.37. The van der Waals surface area contributed by atoms with Gasteiger partial charge in [0.1, 0.15) is 5.58 Å². The lowest BCUT2D eigenvalue weighted by atomic mass is 9.98. The number of non-ortho nitro benzene ring substituents is 1. The average molecular weight is 491 g/mol. The van der Waals surface area contributed by atoms with Gasteiger partial charge in [-0.3, -0.25) is 19.7 Å². The van der Waals surface area contributed by atoms with E-state index in [4.69, 9.17) is 4.42 Å². The van der Waals surface area contributed by atoms with Crippen LogP contribution in [0.2, 0.25) is 0 Å². The normalized spacial score (nSPS) is 15.2.